The van der Waals surface area contributed by atoms with Crippen LogP contribution in [0.25, 0.3) is 11.0 Å². The Kier molecular flexibility index (Phi) is 7.45. The van der Waals surface area contributed by atoms with E-state index in [1.54, 1.807) is 0 Å². The van der Waals surface area contributed by atoms with Gasteiger partial charge in [-0.3, -0.25) is 4.79 Å². The fourth-order valence-corrected chi connectivity index (χ4v) is 5.21. The van der Waals surface area contributed by atoms with Crippen molar-refractivity contribution in [3.63, 3.8) is 0 Å². The highest BCUT2D eigenvalue weighted by Crippen LogP contribution is 2.37. The number of benzene rings is 3. The lowest BCUT2D eigenvalue weighted by molar-refractivity contribution is -0.117. The number of para-hydroxylation sites is 5. The zero-order chi connectivity index (χ0) is 25.8. The number of carbonyl (C=O) groups excluding carboxylic acids is 1. The monoisotopic (exact) mass is 497 g/mol. The average Bonchev–Trinajstić information content (AvgIpc) is 3.47. The Morgan fingerprint density at radius 3 is 2.49 bits per heavy atom. The number of hydrogen-bond donors (Lipinski definition) is 0. The summed E-state index contributed by atoms with van der Waals surface area (Å²) in [6.45, 7) is 8.87. The van der Waals surface area contributed by atoms with E-state index >= 15 is 0 Å². The maximum Gasteiger partial charge on any atom is 0.227 e. The molecule has 6 nitrogen and oxygen atoms in total. The molecule has 37 heavy (non-hydrogen) atoms. The number of amides is 1. The van der Waals surface area contributed by atoms with E-state index < -0.39 is 0 Å². The Labute approximate surface area is 218 Å². The van der Waals surface area contributed by atoms with Gasteiger partial charge >= 0.3 is 0 Å². The number of aryl methyl sites for hydroxylation is 1. The smallest absolute Gasteiger partial charge is 0.227 e. The van der Waals surface area contributed by atoms with Crippen LogP contribution in [0, 0.1) is 0 Å². The number of fused-ring (bicyclic) bond motifs is 1. The summed E-state index contributed by atoms with van der Waals surface area (Å²) in [5.74, 6) is 3.19. The van der Waals surface area contributed by atoms with Crippen molar-refractivity contribution in [2.24, 2.45) is 0 Å². The third-order valence-corrected chi connectivity index (χ3v) is 6.95. The van der Waals surface area contributed by atoms with Gasteiger partial charge in [0.05, 0.1) is 29.9 Å². The maximum absolute atomic E-state index is 13.2. The highest BCUT2D eigenvalue weighted by molar-refractivity contribution is 5.97. The molecular formula is C31H35N3O3. The lowest BCUT2D eigenvalue weighted by Gasteiger charge is -2.20. The molecule has 1 saturated heterocycles. The first-order valence-corrected chi connectivity index (χ1v) is 13.3. The minimum atomic E-state index is 0.0113. The van der Waals surface area contributed by atoms with Crippen molar-refractivity contribution in [2.75, 3.05) is 24.7 Å². The lowest BCUT2D eigenvalue weighted by Crippen LogP contribution is -2.25. The van der Waals surface area contributed by atoms with Crippen molar-refractivity contribution in [3.8, 4) is 11.5 Å². The summed E-state index contributed by atoms with van der Waals surface area (Å²) in [4.78, 5) is 20.0. The lowest BCUT2D eigenvalue weighted by atomic mass is 10.0. The predicted octanol–water partition coefficient (Wildman–Crippen LogP) is 6.55. The van der Waals surface area contributed by atoms with Gasteiger partial charge in [-0.1, -0.05) is 56.3 Å². The maximum atomic E-state index is 13.2. The Hall–Kier alpha value is -3.80. The van der Waals surface area contributed by atoms with Crippen LogP contribution in [-0.2, 0) is 11.3 Å². The first kappa shape index (κ1) is 24.9. The highest BCUT2D eigenvalue weighted by Gasteiger charge is 2.36. The molecule has 0 saturated carbocycles. The van der Waals surface area contributed by atoms with E-state index in [9.17, 15) is 4.79 Å². The summed E-state index contributed by atoms with van der Waals surface area (Å²) in [5, 5.41) is 0. The van der Waals surface area contributed by atoms with Crippen LogP contribution in [0.4, 0.5) is 5.69 Å². The second kappa shape index (κ2) is 11.1. The van der Waals surface area contributed by atoms with Crippen LogP contribution in [0.1, 0.15) is 56.8 Å². The molecule has 0 bridgehead atoms. The van der Waals surface area contributed by atoms with Crippen molar-refractivity contribution in [2.45, 2.75) is 52.0 Å². The van der Waals surface area contributed by atoms with E-state index in [1.165, 1.54) is 5.56 Å². The molecule has 5 rings (SSSR count). The van der Waals surface area contributed by atoms with Gasteiger partial charge in [0.25, 0.3) is 0 Å². The van der Waals surface area contributed by atoms with Gasteiger partial charge in [-0.25, -0.2) is 4.98 Å². The van der Waals surface area contributed by atoms with Gasteiger partial charge in [0.1, 0.15) is 17.3 Å². The molecule has 1 atom stereocenters. The summed E-state index contributed by atoms with van der Waals surface area (Å²) in [6, 6.07) is 24.2. The molecule has 3 aromatic carbocycles. The number of ether oxygens (including phenoxy) is 2. The Morgan fingerprint density at radius 2 is 1.68 bits per heavy atom. The molecule has 1 aliphatic heterocycles. The Morgan fingerprint density at radius 1 is 0.946 bits per heavy atom. The molecule has 0 aliphatic carbocycles. The molecule has 0 N–H and O–H groups in total. The average molecular weight is 498 g/mol. The predicted molar refractivity (Wildman–Crippen MR) is 148 cm³/mol. The fourth-order valence-electron chi connectivity index (χ4n) is 5.21. The number of rotatable bonds is 10. The SMILES string of the molecule is CCOc1ccccc1N1CC(c2nc3ccccc3n2CCCOc2ccccc2C(C)C)CC1=O. The fraction of sp³-hybridized carbons (Fsp3) is 0.355. The van der Waals surface area contributed by atoms with Crippen LogP contribution in [0.3, 0.4) is 0 Å². The van der Waals surface area contributed by atoms with E-state index in [0.29, 0.717) is 32.1 Å². The van der Waals surface area contributed by atoms with Crippen LogP contribution in [0.2, 0.25) is 0 Å². The summed E-state index contributed by atoms with van der Waals surface area (Å²) in [7, 11) is 0. The molecular weight excluding hydrogens is 462 g/mol. The molecule has 1 unspecified atom stereocenters. The van der Waals surface area contributed by atoms with Gasteiger partial charge < -0.3 is 18.9 Å². The van der Waals surface area contributed by atoms with Crippen molar-refractivity contribution in [1.82, 2.24) is 9.55 Å². The van der Waals surface area contributed by atoms with Crippen LogP contribution >= 0.6 is 0 Å². The van der Waals surface area contributed by atoms with Gasteiger partial charge in [0, 0.05) is 25.4 Å². The molecule has 0 spiro atoms. The molecule has 192 valence electrons. The van der Waals surface area contributed by atoms with Gasteiger partial charge in [-0.2, -0.15) is 0 Å². The van der Waals surface area contributed by atoms with E-state index in [4.69, 9.17) is 14.5 Å². The van der Waals surface area contributed by atoms with Gasteiger partial charge in [0.15, 0.2) is 0 Å². The van der Waals surface area contributed by atoms with Gasteiger partial charge in [-0.05, 0) is 55.2 Å². The topological polar surface area (TPSA) is 56.6 Å². The van der Waals surface area contributed by atoms with Crippen LogP contribution < -0.4 is 14.4 Å². The molecule has 4 aromatic rings. The van der Waals surface area contributed by atoms with E-state index in [2.05, 4.69) is 36.6 Å². The van der Waals surface area contributed by atoms with Gasteiger partial charge in [-0.15, -0.1) is 0 Å². The summed E-state index contributed by atoms with van der Waals surface area (Å²) >= 11 is 0. The van der Waals surface area contributed by atoms with Crippen molar-refractivity contribution in [3.05, 3.63) is 84.2 Å². The number of carbonyl (C=O) groups is 1. The molecule has 6 heteroatoms. The van der Waals surface area contributed by atoms with Crippen molar-refractivity contribution in [1.29, 1.82) is 0 Å². The first-order valence-electron chi connectivity index (χ1n) is 13.3. The molecule has 2 heterocycles. The normalized spacial score (nSPS) is 15.6. The molecule has 0 radical (unpaired) electrons. The minimum Gasteiger partial charge on any atom is -0.493 e. The number of hydrogen-bond acceptors (Lipinski definition) is 4. The zero-order valence-electron chi connectivity index (χ0n) is 21.9. The Balaban J connectivity index is 1.35. The zero-order valence-corrected chi connectivity index (χ0v) is 21.9. The van der Waals surface area contributed by atoms with Crippen LogP contribution in [-0.4, -0.2) is 35.2 Å². The van der Waals surface area contributed by atoms with E-state index in [-0.39, 0.29) is 11.8 Å². The van der Waals surface area contributed by atoms with E-state index in [0.717, 1.165) is 47.0 Å². The van der Waals surface area contributed by atoms with Crippen molar-refractivity contribution < 1.29 is 14.3 Å². The molecule has 1 aromatic heterocycles. The Bertz CT molecular complexity index is 1380. The van der Waals surface area contributed by atoms with Crippen LogP contribution in [0.15, 0.2) is 72.8 Å². The largest absolute Gasteiger partial charge is 0.493 e. The van der Waals surface area contributed by atoms with Gasteiger partial charge in [0.2, 0.25) is 5.91 Å². The molecule has 1 amide bonds. The number of anilines is 1. The summed E-state index contributed by atoms with van der Waals surface area (Å²) in [5.41, 5.74) is 4.12. The number of nitrogens with zero attached hydrogens (tertiary/aromatic N) is 3. The molecule has 1 aliphatic rings. The quantitative estimate of drug-likeness (QED) is 0.233. The van der Waals surface area contributed by atoms with Crippen LogP contribution in [0.5, 0.6) is 11.5 Å². The minimum absolute atomic E-state index is 0.0113. The first-order chi connectivity index (χ1) is 18.1. The summed E-state index contributed by atoms with van der Waals surface area (Å²) in [6.07, 6.45) is 1.28. The van der Waals surface area contributed by atoms with E-state index in [1.807, 2.05) is 66.4 Å². The summed E-state index contributed by atoms with van der Waals surface area (Å²) < 4.78 is 14.3. The third-order valence-electron chi connectivity index (χ3n) is 6.95. The number of aromatic nitrogens is 2. The highest BCUT2D eigenvalue weighted by atomic mass is 16.5. The third kappa shape index (κ3) is 5.19. The second-order valence-corrected chi connectivity index (χ2v) is 9.81. The van der Waals surface area contributed by atoms with Crippen molar-refractivity contribution >= 4 is 22.6 Å². The standard InChI is InChI=1S/C31H35N3O3/c1-4-36-29-17-10-8-15-27(29)34-21-23(20-30(34)35)31-32-25-13-6-7-14-26(25)33(31)18-11-19-37-28-16-9-5-12-24(28)22(2)3/h5-10,12-17,22-23H,4,11,18-21H2,1-3H3. The number of imidazole rings is 1. The molecule has 1 fully saturated rings. The second-order valence-electron chi connectivity index (χ2n) is 9.81.